The minimum Gasteiger partial charge on any atom is -0.506 e. The van der Waals surface area contributed by atoms with Gasteiger partial charge in [0.1, 0.15) is 12.0 Å². The Morgan fingerprint density at radius 3 is 2.80 bits per heavy atom. The first-order valence-corrected chi connectivity index (χ1v) is 11.6. The molecule has 2 aliphatic rings. The molecule has 3 unspecified atom stereocenters. The second kappa shape index (κ2) is 8.50. The van der Waals surface area contributed by atoms with E-state index < -0.39 is 22.4 Å². The lowest BCUT2D eigenvalue weighted by atomic mass is 9.99. The maximum absolute atomic E-state index is 12.3. The largest absolute Gasteiger partial charge is 0.506 e. The molecule has 9 heteroatoms. The van der Waals surface area contributed by atoms with Gasteiger partial charge in [-0.05, 0) is 60.6 Å². The van der Waals surface area contributed by atoms with E-state index in [1.807, 2.05) is 18.2 Å². The number of aliphatic hydroxyl groups is 1. The molecule has 0 bridgehead atoms. The zero-order chi connectivity index (χ0) is 21.3. The Hall–Kier alpha value is -2.20. The first kappa shape index (κ1) is 21.0. The van der Waals surface area contributed by atoms with Crippen molar-refractivity contribution in [2.24, 2.45) is 0 Å². The van der Waals surface area contributed by atoms with Gasteiger partial charge in [-0.2, -0.15) is 13.1 Å². The zero-order valence-corrected chi connectivity index (χ0v) is 17.3. The number of ether oxygens (including phenoxy) is 1. The highest BCUT2D eigenvalue weighted by Gasteiger charge is 2.36. The van der Waals surface area contributed by atoms with Crippen LogP contribution in [-0.4, -0.2) is 56.3 Å². The third kappa shape index (κ3) is 4.29. The molecule has 2 saturated heterocycles. The van der Waals surface area contributed by atoms with Crippen molar-refractivity contribution in [3.63, 3.8) is 0 Å². The van der Waals surface area contributed by atoms with Gasteiger partial charge in [0.05, 0.1) is 30.5 Å². The summed E-state index contributed by atoms with van der Waals surface area (Å²) in [4.78, 5) is 11.0. The van der Waals surface area contributed by atoms with Crippen LogP contribution in [0.1, 0.15) is 31.2 Å². The number of rotatable bonds is 7. The lowest BCUT2D eigenvalue weighted by molar-refractivity contribution is -0.108. The van der Waals surface area contributed by atoms with E-state index >= 15 is 0 Å². The lowest BCUT2D eigenvalue weighted by Gasteiger charge is -2.18. The van der Waals surface area contributed by atoms with E-state index in [0.717, 1.165) is 52.9 Å². The quantitative estimate of drug-likeness (QED) is 0.571. The van der Waals surface area contributed by atoms with E-state index in [-0.39, 0.29) is 24.1 Å². The number of benzene rings is 2. The van der Waals surface area contributed by atoms with Crippen molar-refractivity contribution in [2.45, 2.75) is 50.4 Å². The molecule has 0 spiro atoms. The van der Waals surface area contributed by atoms with Crippen molar-refractivity contribution in [2.75, 3.05) is 17.5 Å². The highest BCUT2D eigenvalue weighted by Crippen LogP contribution is 2.35. The first-order valence-electron chi connectivity index (χ1n) is 10.2. The number of anilines is 1. The molecule has 2 heterocycles. The van der Waals surface area contributed by atoms with Crippen molar-refractivity contribution < 1.29 is 28.2 Å². The molecule has 4 rings (SSSR count). The van der Waals surface area contributed by atoms with Gasteiger partial charge in [-0.15, -0.1) is 0 Å². The number of aldehydes is 1. The minimum atomic E-state index is -3.88. The molecule has 8 nitrogen and oxygen atoms in total. The number of aromatic hydroxyl groups is 1. The highest BCUT2D eigenvalue weighted by atomic mass is 32.2. The van der Waals surface area contributed by atoms with E-state index in [0.29, 0.717) is 12.7 Å². The highest BCUT2D eigenvalue weighted by molar-refractivity contribution is 7.91. The summed E-state index contributed by atoms with van der Waals surface area (Å²) in [7, 11) is -3.88. The molecule has 2 aromatic carbocycles. The molecule has 0 aromatic heterocycles. The van der Waals surface area contributed by atoms with Crippen molar-refractivity contribution >= 4 is 33.0 Å². The number of carbonyl (C=O) groups excluding carboxylic acids is 1. The van der Waals surface area contributed by atoms with Gasteiger partial charge in [0.25, 0.3) is 0 Å². The third-order valence-corrected chi connectivity index (χ3v) is 7.27. The number of carbonyl (C=O) groups is 1. The van der Waals surface area contributed by atoms with Gasteiger partial charge in [-0.1, -0.05) is 18.2 Å². The molecule has 3 atom stereocenters. The van der Waals surface area contributed by atoms with E-state index in [1.54, 1.807) is 6.07 Å². The van der Waals surface area contributed by atoms with Crippen molar-refractivity contribution in [1.82, 2.24) is 4.72 Å². The van der Waals surface area contributed by atoms with Crippen LogP contribution >= 0.6 is 0 Å². The fourth-order valence-corrected chi connectivity index (χ4v) is 5.56. The Kier molecular flexibility index (Phi) is 5.97. The van der Waals surface area contributed by atoms with Crippen LogP contribution in [0.25, 0.3) is 10.8 Å². The van der Waals surface area contributed by atoms with Crippen LogP contribution in [0, 0.1) is 0 Å². The molecule has 0 aliphatic carbocycles. The van der Waals surface area contributed by atoms with Gasteiger partial charge in [0, 0.05) is 6.61 Å². The van der Waals surface area contributed by atoms with Crippen LogP contribution < -0.4 is 9.03 Å². The Labute approximate surface area is 175 Å². The van der Waals surface area contributed by atoms with Gasteiger partial charge in [-0.25, -0.2) is 0 Å². The molecule has 2 aliphatic heterocycles. The molecule has 0 amide bonds. The molecule has 2 fully saturated rings. The zero-order valence-electron chi connectivity index (χ0n) is 16.5. The number of phenolic OH excluding ortho intramolecular Hbond substituents is 1. The molecular formula is C21H26N2O6S. The van der Waals surface area contributed by atoms with Gasteiger partial charge in [0.2, 0.25) is 0 Å². The number of fused-ring (bicyclic) bond motifs is 1. The average Bonchev–Trinajstić information content (AvgIpc) is 3.35. The monoisotopic (exact) mass is 434 g/mol. The average molecular weight is 435 g/mol. The van der Waals surface area contributed by atoms with Crippen LogP contribution in [-0.2, 0) is 26.2 Å². The number of hydrogen-bond acceptors (Lipinski definition) is 6. The number of phenols is 1. The van der Waals surface area contributed by atoms with Crippen LogP contribution in [0.4, 0.5) is 5.69 Å². The van der Waals surface area contributed by atoms with Crippen molar-refractivity contribution in [3.8, 4) is 5.75 Å². The van der Waals surface area contributed by atoms with Crippen LogP contribution in [0.5, 0.6) is 5.75 Å². The number of hydrogen-bond donors (Lipinski definition) is 3. The molecule has 2 aromatic rings. The summed E-state index contributed by atoms with van der Waals surface area (Å²) < 4.78 is 33.4. The second-order valence-electron chi connectivity index (χ2n) is 7.93. The summed E-state index contributed by atoms with van der Waals surface area (Å²) in [5, 5.41) is 22.2. The maximum Gasteiger partial charge on any atom is 0.302 e. The predicted octanol–water partition coefficient (Wildman–Crippen LogP) is 1.63. The molecular weight excluding hydrogens is 408 g/mol. The van der Waals surface area contributed by atoms with Gasteiger partial charge in [-0.3, -0.25) is 4.31 Å². The molecule has 0 saturated carbocycles. The van der Waals surface area contributed by atoms with E-state index in [2.05, 4.69) is 4.72 Å². The molecule has 30 heavy (non-hydrogen) atoms. The van der Waals surface area contributed by atoms with Crippen LogP contribution in [0.15, 0.2) is 30.3 Å². The summed E-state index contributed by atoms with van der Waals surface area (Å²) in [5.41, 5.74) is 1.21. The topological polar surface area (TPSA) is 116 Å². The summed E-state index contributed by atoms with van der Waals surface area (Å²) in [6, 6.07) is 8.13. The van der Waals surface area contributed by atoms with Gasteiger partial charge in [0.15, 0.2) is 0 Å². The Balaban J connectivity index is 1.51. The Morgan fingerprint density at radius 1 is 1.27 bits per heavy atom. The fraction of sp³-hybridized carbons (Fsp3) is 0.476. The van der Waals surface area contributed by atoms with E-state index in [1.165, 1.54) is 6.07 Å². The van der Waals surface area contributed by atoms with Gasteiger partial charge < -0.3 is 19.7 Å². The van der Waals surface area contributed by atoms with Gasteiger partial charge >= 0.3 is 10.2 Å². The number of nitrogens with one attached hydrogen (secondary N) is 1. The smallest absolute Gasteiger partial charge is 0.302 e. The number of nitrogens with zero attached hydrogens (tertiary/aromatic N) is 1. The number of aliphatic hydroxyl groups excluding tert-OH is 1. The standard InChI is InChI=1S/C21H26N2O6S/c24-13-17-12-23(30(27,28)22-17)18-10-16-9-14(6-7-15(16)11-20(18)26)3-1-4-19(25)21-5-2-8-29-21/h6-7,9-11,13,17,19,21-22,25-26H,1-5,8,12H2. The fourth-order valence-electron chi connectivity index (χ4n) is 4.15. The maximum atomic E-state index is 12.3. The number of aryl methyl sites for hydroxylation is 1. The van der Waals surface area contributed by atoms with Crippen LogP contribution in [0.3, 0.4) is 0 Å². The van der Waals surface area contributed by atoms with Crippen molar-refractivity contribution in [3.05, 3.63) is 35.9 Å². The van der Waals surface area contributed by atoms with E-state index in [4.69, 9.17) is 4.74 Å². The lowest BCUT2D eigenvalue weighted by Crippen LogP contribution is -2.30. The third-order valence-electron chi connectivity index (χ3n) is 5.74. The summed E-state index contributed by atoms with van der Waals surface area (Å²) in [6.45, 7) is 0.656. The molecule has 0 radical (unpaired) electrons. The minimum absolute atomic E-state index is 0.0571. The summed E-state index contributed by atoms with van der Waals surface area (Å²) >= 11 is 0. The van der Waals surface area contributed by atoms with Crippen molar-refractivity contribution in [1.29, 1.82) is 0 Å². The van der Waals surface area contributed by atoms with E-state index in [9.17, 15) is 23.4 Å². The first-order chi connectivity index (χ1) is 14.4. The normalized spacial score (nSPS) is 24.4. The molecule has 3 N–H and O–H groups in total. The Morgan fingerprint density at radius 2 is 2.10 bits per heavy atom. The second-order valence-corrected chi connectivity index (χ2v) is 9.56. The van der Waals surface area contributed by atoms with Crippen LogP contribution in [0.2, 0.25) is 0 Å². The SMILES string of the molecule is O=CC1CN(c2cc3cc(CCCC(O)C4CCCO4)ccc3cc2O)S(=O)(=O)N1. The Bertz CT molecular complexity index is 1040. The predicted molar refractivity (Wildman–Crippen MR) is 113 cm³/mol. The summed E-state index contributed by atoms with van der Waals surface area (Å²) in [6.07, 6.45) is 4.18. The molecule has 162 valence electrons. The summed E-state index contributed by atoms with van der Waals surface area (Å²) in [5.74, 6) is -0.160.